The molecular weight excluding hydrogens is 521 g/mol. The normalized spacial score (nSPS) is 12.2. The Balaban J connectivity index is 1.81. The van der Waals surface area contributed by atoms with Crippen LogP contribution in [-0.4, -0.2) is 47.0 Å². The van der Waals surface area contributed by atoms with Crippen molar-refractivity contribution >= 4 is 38.3 Å². The van der Waals surface area contributed by atoms with E-state index in [1.807, 2.05) is 18.2 Å². The molecule has 0 saturated heterocycles. The summed E-state index contributed by atoms with van der Waals surface area (Å²) in [7, 11) is -2.56. The number of halogens is 1. The van der Waals surface area contributed by atoms with E-state index in [2.05, 4.69) is 10.0 Å². The second-order valence-corrected chi connectivity index (χ2v) is 10.4. The van der Waals surface area contributed by atoms with Gasteiger partial charge in [0.1, 0.15) is 11.9 Å². The molecule has 2 amide bonds. The highest BCUT2D eigenvalue weighted by molar-refractivity contribution is 7.89. The van der Waals surface area contributed by atoms with Gasteiger partial charge in [-0.25, -0.2) is 17.5 Å². The van der Waals surface area contributed by atoms with E-state index in [4.69, 9.17) is 4.74 Å². The molecule has 0 unspecified atom stereocenters. The number of ether oxygens (including phenoxy) is 1. The molecule has 39 heavy (non-hydrogen) atoms. The maximum Gasteiger partial charge on any atom is 0.248 e. The van der Waals surface area contributed by atoms with Gasteiger partial charge < -0.3 is 10.1 Å². The Morgan fingerprint density at radius 1 is 0.897 bits per heavy atom. The third-order valence-electron chi connectivity index (χ3n) is 6.07. The van der Waals surface area contributed by atoms with Gasteiger partial charge in [-0.15, -0.1) is 0 Å². The highest BCUT2D eigenvalue weighted by Crippen LogP contribution is 2.34. The first-order valence-electron chi connectivity index (χ1n) is 12.2. The Morgan fingerprint density at radius 3 is 2.31 bits per heavy atom. The van der Waals surface area contributed by atoms with Crippen LogP contribution in [0.25, 0.3) is 10.8 Å². The maximum atomic E-state index is 15.2. The van der Waals surface area contributed by atoms with Gasteiger partial charge in [0.15, 0.2) is 0 Å². The van der Waals surface area contributed by atoms with Gasteiger partial charge in [0.05, 0.1) is 23.7 Å². The number of amides is 2. The molecule has 0 aliphatic heterocycles. The van der Waals surface area contributed by atoms with Gasteiger partial charge in [-0.1, -0.05) is 72.8 Å². The fourth-order valence-corrected chi connectivity index (χ4v) is 5.22. The lowest BCUT2D eigenvalue weighted by molar-refractivity contribution is -0.126. The van der Waals surface area contributed by atoms with Crippen LogP contribution >= 0.6 is 0 Å². The van der Waals surface area contributed by atoms with Crippen molar-refractivity contribution in [3.63, 3.8) is 0 Å². The predicted octanol–water partition coefficient (Wildman–Crippen LogP) is 3.79. The van der Waals surface area contributed by atoms with Crippen molar-refractivity contribution in [2.45, 2.75) is 10.9 Å². The van der Waals surface area contributed by atoms with E-state index in [0.29, 0.717) is 11.1 Å². The van der Waals surface area contributed by atoms with Crippen LogP contribution in [-0.2, 0) is 24.3 Å². The van der Waals surface area contributed by atoms with E-state index >= 15 is 4.39 Å². The number of sulfonamides is 1. The van der Waals surface area contributed by atoms with Crippen LogP contribution in [0.5, 0.6) is 0 Å². The lowest BCUT2D eigenvalue weighted by Gasteiger charge is -2.32. The largest absolute Gasteiger partial charge is 0.383 e. The first-order chi connectivity index (χ1) is 18.8. The quantitative estimate of drug-likeness (QED) is 0.277. The Labute approximate surface area is 226 Å². The van der Waals surface area contributed by atoms with E-state index in [1.54, 1.807) is 48.5 Å². The molecule has 0 bridgehead atoms. The van der Waals surface area contributed by atoms with Crippen molar-refractivity contribution in [3.05, 3.63) is 108 Å². The molecule has 2 N–H and O–H groups in total. The zero-order chi connectivity index (χ0) is 27.8. The van der Waals surface area contributed by atoms with Gasteiger partial charge in [-0.3, -0.25) is 14.5 Å². The summed E-state index contributed by atoms with van der Waals surface area (Å²) in [5.74, 6) is -2.09. The fourth-order valence-electron chi connectivity index (χ4n) is 4.23. The van der Waals surface area contributed by atoms with Crippen LogP contribution in [0.2, 0.25) is 0 Å². The minimum absolute atomic E-state index is 0.0162. The summed E-state index contributed by atoms with van der Waals surface area (Å²) in [5, 5.41) is 4.11. The number of rotatable bonds is 11. The van der Waals surface area contributed by atoms with Crippen LogP contribution in [0.15, 0.2) is 102 Å². The Hall–Kier alpha value is -4.12. The molecule has 1 atom stereocenters. The van der Waals surface area contributed by atoms with Crippen LogP contribution in [0.3, 0.4) is 0 Å². The second kappa shape index (κ2) is 12.6. The van der Waals surface area contributed by atoms with Crippen molar-refractivity contribution in [2.75, 3.05) is 31.7 Å². The first kappa shape index (κ1) is 27.9. The van der Waals surface area contributed by atoms with Crippen molar-refractivity contribution in [2.24, 2.45) is 0 Å². The molecule has 0 aliphatic carbocycles. The highest BCUT2D eigenvalue weighted by Gasteiger charge is 2.35. The van der Waals surface area contributed by atoms with Crippen LogP contribution in [0.1, 0.15) is 11.6 Å². The summed E-state index contributed by atoms with van der Waals surface area (Å²) in [5.41, 5.74) is 0.284. The van der Waals surface area contributed by atoms with E-state index in [9.17, 15) is 18.0 Å². The van der Waals surface area contributed by atoms with Crippen molar-refractivity contribution in [3.8, 4) is 0 Å². The number of carbonyl (C=O) groups is 2. The number of fused-ring (bicyclic) bond motifs is 1. The zero-order valence-corrected chi connectivity index (χ0v) is 22.0. The third-order valence-corrected chi connectivity index (χ3v) is 7.49. The number of nitrogens with zero attached hydrogens (tertiary/aromatic N) is 1. The monoisotopic (exact) mass is 549 g/mol. The van der Waals surface area contributed by atoms with E-state index in [0.717, 1.165) is 10.3 Å². The van der Waals surface area contributed by atoms with E-state index in [1.165, 1.54) is 37.4 Å². The average molecular weight is 550 g/mol. The van der Waals surface area contributed by atoms with Crippen molar-refractivity contribution < 1.29 is 27.1 Å². The second-order valence-electron chi connectivity index (χ2n) is 8.61. The number of benzene rings is 4. The maximum absolute atomic E-state index is 15.2. The third kappa shape index (κ3) is 6.48. The standard InChI is InChI=1S/C29H28FN3O5S/c1-38-19-18-31-29(35)28(24-15-7-8-16-25(24)30)33(26-17-9-11-21-10-5-6-14-23(21)26)27(34)20-32-39(36,37)22-12-3-2-4-13-22/h2-17,28,32H,18-20H2,1H3,(H,31,35)/t28-/m0/s1. The van der Waals surface area contributed by atoms with E-state index in [-0.39, 0.29) is 23.6 Å². The van der Waals surface area contributed by atoms with Crippen LogP contribution in [0.4, 0.5) is 10.1 Å². The Kier molecular flexibility index (Phi) is 9.03. The molecule has 10 heteroatoms. The Morgan fingerprint density at radius 2 is 1.56 bits per heavy atom. The van der Waals surface area contributed by atoms with E-state index < -0.39 is 40.2 Å². The molecule has 4 rings (SSSR count). The molecule has 202 valence electrons. The van der Waals surface area contributed by atoms with Gasteiger partial charge in [-0.2, -0.15) is 0 Å². The molecular formula is C29H28FN3O5S. The lowest BCUT2D eigenvalue weighted by Crippen LogP contribution is -2.48. The van der Waals surface area contributed by atoms with Crippen LogP contribution in [0, 0.1) is 5.82 Å². The molecule has 0 heterocycles. The number of hydrogen-bond acceptors (Lipinski definition) is 5. The van der Waals surface area contributed by atoms with Crippen LogP contribution < -0.4 is 14.9 Å². The molecule has 0 saturated carbocycles. The molecule has 0 aromatic heterocycles. The van der Waals surface area contributed by atoms with Gasteiger partial charge >= 0.3 is 0 Å². The first-order valence-corrected chi connectivity index (χ1v) is 13.7. The topological polar surface area (TPSA) is 105 Å². The molecule has 0 radical (unpaired) electrons. The van der Waals surface area contributed by atoms with Gasteiger partial charge in [0, 0.05) is 24.6 Å². The van der Waals surface area contributed by atoms with Gasteiger partial charge in [0.25, 0.3) is 0 Å². The molecule has 4 aromatic carbocycles. The summed E-state index contributed by atoms with van der Waals surface area (Å²) in [6.45, 7) is -0.343. The smallest absolute Gasteiger partial charge is 0.248 e. The lowest BCUT2D eigenvalue weighted by atomic mass is 10.00. The molecule has 4 aromatic rings. The summed E-state index contributed by atoms with van der Waals surface area (Å²) in [4.78, 5) is 28.6. The number of anilines is 1. The highest BCUT2D eigenvalue weighted by atomic mass is 32.2. The molecule has 8 nitrogen and oxygen atoms in total. The fraction of sp³-hybridized carbons (Fsp3) is 0.172. The predicted molar refractivity (Wildman–Crippen MR) is 147 cm³/mol. The summed E-state index contributed by atoms with van der Waals surface area (Å²) in [6, 6.07) is 24.3. The SMILES string of the molecule is COCCNC(=O)[C@H](c1ccccc1F)N(C(=O)CNS(=O)(=O)c1ccccc1)c1cccc2ccccc12. The molecule has 0 spiro atoms. The number of methoxy groups -OCH3 is 1. The van der Waals surface area contributed by atoms with Crippen molar-refractivity contribution in [1.29, 1.82) is 0 Å². The summed E-state index contributed by atoms with van der Waals surface area (Å²) in [6.07, 6.45) is 0. The minimum Gasteiger partial charge on any atom is -0.383 e. The zero-order valence-electron chi connectivity index (χ0n) is 21.2. The van der Waals surface area contributed by atoms with Gasteiger partial charge in [0.2, 0.25) is 21.8 Å². The number of carbonyl (C=O) groups excluding carboxylic acids is 2. The molecule has 0 fully saturated rings. The number of nitrogens with one attached hydrogen (secondary N) is 2. The molecule has 0 aliphatic rings. The van der Waals surface area contributed by atoms with Crippen molar-refractivity contribution in [1.82, 2.24) is 10.0 Å². The summed E-state index contributed by atoms with van der Waals surface area (Å²) >= 11 is 0. The Bertz CT molecular complexity index is 1560. The minimum atomic E-state index is -4.04. The average Bonchev–Trinajstić information content (AvgIpc) is 2.95. The summed E-state index contributed by atoms with van der Waals surface area (Å²) < 4.78 is 48.3. The van der Waals surface area contributed by atoms with Gasteiger partial charge in [-0.05, 0) is 29.7 Å². The number of hydrogen-bond donors (Lipinski definition) is 2.